The first kappa shape index (κ1) is 23.1. The van der Waals surface area contributed by atoms with Gasteiger partial charge in [-0.25, -0.2) is 9.98 Å². The SMILES string of the molecule is Cc1nc(CCNC(=NCC(=O)N(C)C)NCC2CCCO2)sc1C.I. The monoisotopic (exact) mass is 495 g/mol. The Hall–Kier alpha value is -0.940. The van der Waals surface area contributed by atoms with E-state index in [0.717, 1.165) is 43.1 Å². The molecule has 9 heteroatoms. The fourth-order valence-electron chi connectivity index (χ4n) is 2.41. The Bertz CT molecular complexity index is 580. The highest BCUT2D eigenvalue weighted by Gasteiger charge is 2.16. The molecule has 1 aromatic rings. The minimum atomic E-state index is -0.0237. The first-order valence-electron chi connectivity index (χ1n) is 8.72. The Morgan fingerprint density at radius 3 is 2.73 bits per heavy atom. The van der Waals surface area contributed by atoms with Gasteiger partial charge in [0.05, 0.1) is 16.8 Å². The number of likely N-dealkylation sites (N-methyl/N-ethyl adjacent to an activating group) is 1. The third kappa shape index (κ3) is 7.75. The van der Waals surface area contributed by atoms with E-state index in [1.54, 1.807) is 30.3 Å². The quantitative estimate of drug-likeness (QED) is 0.342. The highest BCUT2D eigenvalue weighted by molar-refractivity contribution is 14.0. The zero-order valence-electron chi connectivity index (χ0n) is 16.0. The van der Waals surface area contributed by atoms with Crippen LogP contribution in [-0.2, 0) is 16.0 Å². The molecule has 1 saturated heterocycles. The molecule has 1 aliphatic rings. The molecular weight excluding hydrogens is 465 g/mol. The largest absolute Gasteiger partial charge is 0.376 e. The van der Waals surface area contributed by atoms with Gasteiger partial charge >= 0.3 is 0 Å². The molecule has 0 bridgehead atoms. The summed E-state index contributed by atoms with van der Waals surface area (Å²) in [6, 6.07) is 0. The zero-order valence-corrected chi connectivity index (χ0v) is 19.1. The summed E-state index contributed by atoms with van der Waals surface area (Å²) in [6.07, 6.45) is 3.23. The van der Waals surface area contributed by atoms with Crippen molar-refractivity contribution in [3.05, 3.63) is 15.6 Å². The van der Waals surface area contributed by atoms with Crippen LogP contribution < -0.4 is 10.6 Å². The lowest BCUT2D eigenvalue weighted by molar-refractivity contribution is -0.127. The average molecular weight is 495 g/mol. The molecule has 7 nitrogen and oxygen atoms in total. The number of aromatic nitrogens is 1. The number of rotatable bonds is 7. The van der Waals surface area contributed by atoms with Gasteiger partial charge in [-0.1, -0.05) is 0 Å². The molecule has 26 heavy (non-hydrogen) atoms. The van der Waals surface area contributed by atoms with Gasteiger partial charge in [0.15, 0.2) is 5.96 Å². The Kier molecular flexibility index (Phi) is 10.4. The van der Waals surface area contributed by atoms with E-state index in [1.165, 1.54) is 4.88 Å². The summed E-state index contributed by atoms with van der Waals surface area (Å²) >= 11 is 1.73. The molecule has 2 heterocycles. The molecule has 2 N–H and O–H groups in total. The molecule has 0 spiro atoms. The second-order valence-corrected chi connectivity index (χ2v) is 7.68. The fraction of sp³-hybridized carbons (Fsp3) is 0.706. The molecule has 0 aromatic carbocycles. The lowest BCUT2D eigenvalue weighted by atomic mass is 10.2. The number of carbonyl (C=O) groups excluding carboxylic acids is 1. The number of thiazole rings is 1. The van der Waals surface area contributed by atoms with Gasteiger partial charge in [-0.3, -0.25) is 4.79 Å². The average Bonchev–Trinajstić information content (AvgIpc) is 3.19. The summed E-state index contributed by atoms with van der Waals surface area (Å²) in [7, 11) is 3.47. The summed E-state index contributed by atoms with van der Waals surface area (Å²) in [5.41, 5.74) is 1.10. The Balaban J connectivity index is 0.00000338. The Morgan fingerprint density at radius 1 is 1.38 bits per heavy atom. The van der Waals surface area contributed by atoms with E-state index >= 15 is 0 Å². The smallest absolute Gasteiger partial charge is 0.243 e. The van der Waals surface area contributed by atoms with Crippen LogP contribution in [0.3, 0.4) is 0 Å². The highest BCUT2D eigenvalue weighted by atomic mass is 127. The number of halogens is 1. The van der Waals surface area contributed by atoms with Crippen LogP contribution in [0.5, 0.6) is 0 Å². The molecule has 0 saturated carbocycles. The Morgan fingerprint density at radius 2 is 2.15 bits per heavy atom. The van der Waals surface area contributed by atoms with Crippen LogP contribution in [0.25, 0.3) is 0 Å². The molecule has 1 aliphatic heterocycles. The lowest BCUT2D eigenvalue weighted by Crippen LogP contribution is -2.42. The highest BCUT2D eigenvalue weighted by Crippen LogP contribution is 2.16. The maximum Gasteiger partial charge on any atom is 0.243 e. The van der Waals surface area contributed by atoms with Crippen LogP contribution in [0.15, 0.2) is 4.99 Å². The predicted octanol–water partition coefficient (Wildman–Crippen LogP) is 1.72. The van der Waals surface area contributed by atoms with Gasteiger partial charge in [-0.05, 0) is 26.7 Å². The van der Waals surface area contributed by atoms with Crippen LogP contribution in [0.4, 0.5) is 0 Å². The normalized spacial score (nSPS) is 16.9. The molecule has 1 fully saturated rings. The number of hydrogen-bond acceptors (Lipinski definition) is 5. The van der Waals surface area contributed by atoms with Crippen molar-refractivity contribution in [1.82, 2.24) is 20.5 Å². The minimum absolute atomic E-state index is 0. The molecule has 1 amide bonds. The maximum atomic E-state index is 11.8. The van der Waals surface area contributed by atoms with Gasteiger partial charge in [0.1, 0.15) is 6.54 Å². The van der Waals surface area contributed by atoms with Gasteiger partial charge in [0, 0.05) is 45.1 Å². The first-order valence-corrected chi connectivity index (χ1v) is 9.54. The number of aryl methyl sites for hydroxylation is 2. The van der Waals surface area contributed by atoms with Crippen molar-refractivity contribution >= 4 is 47.2 Å². The van der Waals surface area contributed by atoms with Crippen LogP contribution in [0.1, 0.15) is 28.4 Å². The molecule has 148 valence electrons. The topological polar surface area (TPSA) is 78.9 Å². The number of aliphatic imine (C=N–C) groups is 1. The van der Waals surface area contributed by atoms with Crippen molar-refractivity contribution in [2.75, 3.05) is 40.3 Å². The molecule has 0 aliphatic carbocycles. The van der Waals surface area contributed by atoms with E-state index < -0.39 is 0 Å². The number of carbonyl (C=O) groups is 1. The predicted molar refractivity (Wildman–Crippen MR) is 117 cm³/mol. The van der Waals surface area contributed by atoms with Gasteiger partial charge in [0.25, 0.3) is 0 Å². The van der Waals surface area contributed by atoms with E-state index in [0.29, 0.717) is 12.5 Å². The number of ether oxygens (including phenoxy) is 1. The van der Waals surface area contributed by atoms with Crippen molar-refractivity contribution in [1.29, 1.82) is 0 Å². The Labute approximate surface area is 177 Å². The van der Waals surface area contributed by atoms with Crippen molar-refractivity contribution in [3.8, 4) is 0 Å². The number of guanidine groups is 1. The third-order valence-electron chi connectivity index (χ3n) is 4.10. The standard InChI is InChI=1S/C17H29N5O2S.HI/c1-12-13(2)25-15(21-12)7-8-18-17(20-11-16(23)22(3)4)19-10-14-6-5-9-24-14;/h14H,5-11H2,1-4H3,(H2,18,19,20);1H. The van der Waals surface area contributed by atoms with Gasteiger partial charge in [0.2, 0.25) is 5.91 Å². The van der Waals surface area contributed by atoms with Crippen LogP contribution in [0.2, 0.25) is 0 Å². The van der Waals surface area contributed by atoms with Crippen LogP contribution in [0, 0.1) is 13.8 Å². The van der Waals surface area contributed by atoms with E-state index in [1.807, 2.05) is 6.92 Å². The fourth-order valence-corrected chi connectivity index (χ4v) is 3.35. The lowest BCUT2D eigenvalue weighted by Gasteiger charge is -2.16. The summed E-state index contributed by atoms with van der Waals surface area (Å²) in [4.78, 5) is 23.5. The molecular formula is C17H30IN5O2S. The van der Waals surface area contributed by atoms with Crippen molar-refractivity contribution in [2.24, 2.45) is 4.99 Å². The molecule has 2 rings (SSSR count). The second-order valence-electron chi connectivity index (χ2n) is 6.39. The number of nitrogens with one attached hydrogen (secondary N) is 2. The van der Waals surface area contributed by atoms with Crippen LogP contribution >= 0.6 is 35.3 Å². The zero-order chi connectivity index (χ0) is 18.2. The number of nitrogens with zero attached hydrogens (tertiary/aromatic N) is 3. The summed E-state index contributed by atoms with van der Waals surface area (Å²) in [5.74, 6) is 0.625. The van der Waals surface area contributed by atoms with E-state index in [-0.39, 0.29) is 42.5 Å². The third-order valence-corrected chi connectivity index (χ3v) is 5.23. The van der Waals surface area contributed by atoms with E-state index in [4.69, 9.17) is 4.74 Å². The first-order chi connectivity index (χ1) is 12.0. The summed E-state index contributed by atoms with van der Waals surface area (Å²) in [6.45, 7) is 6.51. The van der Waals surface area contributed by atoms with Gasteiger partial charge < -0.3 is 20.3 Å². The summed E-state index contributed by atoms with van der Waals surface area (Å²) in [5, 5.41) is 7.70. The second kappa shape index (κ2) is 11.7. The van der Waals surface area contributed by atoms with E-state index in [2.05, 4.69) is 27.5 Å². The van der Waals surface area contributed by atoms with E-state index in [9.17, 15) is 4.79 Å². The van der Waals surface area contributed by atoms with Crippen molar-refractivity contribution in [3.63, 3.8) is 0 Å². The van der Waals surface area contributed by atoms with Gasteiger partial charge in [-0.2, -0.15) is 0 Å². The molecule has 0 radical (unpaired) electrons. The molecule has 1 atom stereocenters. The molecule has 1 aromatic heterocycles. The van der Waals surface area contributed by atoms with Crippen LogP contribution in [-0.4, -0.2) is 68.2 Å². The maximum absolute atomic E-state index is 11.8. The number of amides is 1. The van der Waals surface area contributed by atoms with Crippen molar-refractivity contribution in [2.45, 2.75) is 39.2 Å². The van der Waals surface area contributed by atoms with Crippen molar-refractivity contribution < 1.29 is 9.53 Å². The summed E-state index contributed by atoms with van der Waals surface area (Å²) < 4.78 is 5.63. The van der Waals surface area contributed by atoms with Gasteiger partial charge in [-0.15, -0.1) is 35.3 Å². The molecule has 1 unspecified atom stereocenters. The number of hydrogen-bond donors (Lipinski definition) is 2. The minimum Gasteiger partial charge on any atom is -0.376 e.